The Morgan fingerprint density at radius 1 is 0.886 bits per heavy atom. The summed E-state index contributed by atoms with van der Waals surface area (Å²) in [4.78, 5) is 27.4. The molecule has 0 bridgehead atoms. The predicted molar refractivity (Wildman–Crippen MR) is 138 cm³/mol. The molecule has 35 heavy (non-hydrogen) atoms. The van der Waals surface area contributed by atoms with E-state index in [0.29, 0.717) is 21.3 Å². The van der Waals surface area contributed by atoms with E-state index in [1.807, 2.05) is 0 Å². The van der Waals surface area contributed by atoms with Crippen LogP contribution < -0.4 is 9.62 Å². The quantitative estimate of drug-likeness (QED) is 0.442. The maximum absolute atomic E-state index is 13.6. The molecule has 184 valence electrons. The van der Waals surface area contributed by atoms with Gasteiger partial charge in [-0.25, -0.2) is 8.42 Å². The number of hydrogen-bond donors (Lipinski definition) is 1. The summed E-state index contributed by atoms with van der Waals surface area (Å²) in [5.74, 6) is -1.01. The highest BCUT2D eigenvalue weighted by molar-refractivity contribution is 7.92. The standard InChI is InChI=1S/C25H25Cl2N3O4S/c1-18(25(32)28-2)29(16-21-22(26)14-9-15-23(21)27)24(31)17-30(19-10-5-3-6-11-19)35(33,34)20-12-7-4-8-13-20/h3-15,18H,16-17H2,1-2H3,(H,28,32). The maximum atomic E-state index is 13.6. The van der Waals surface area contributed by atoms with Gasteiger partial charge in [-0.05, 0) is 43.3 Å². The number of benzene rings is 3. The van der Waals surface area contributed by atoms with Crippen molar-refractivity contribution < 1.29 is 18.0 Å². The number of likely N-dealkylation sites (N-methyl/N-ethyl adjacent to an activating group) is 1. The Kier molecular flexibility index (Phi) is 8.77. The molecular weight excluding hydrogens is 509 g/mol. The summed E-state index contributed by atoms with van der Waals surface area (Å²) in [6.07, 6.45) is 0. The fraction of sp³-hybridized carbons (Fsp3) is 0.200. The van der Waals surface area contributed by atoms with Crippen LogP contribution in [-0.2, 0) is 26.2 Å². The molecule has 0 radical (unpaired) electrons. The lowest BCUT2D eigenvalue weighted by Gasteiger charge is -2.32. The predicted octanol–water partition coefficient (Wildman–Crippen LogP) is 4.35. The van der Waals surface area contributed by atoms with Crippen LogP contribution in [0.15, 0.2) is 83.8 Å². The number of carbonyl (C=O) groups excluding carboxylic acids is 2. The van der Waals surface area contributed by atoms with Gasteiger partial charge < -0.3 is 10.2 Å². The van der Waals surface area contributed by atoms with Gasteiger partial charge in [-0.3, -0.25) is 13.9 Å². The monoisotopic (exact) mass is 533 g/mol. The Morgan fingerprint density at radius 2 is 1.43 bits per heavy atom. The third kappa shape index (κ3) is 6.14. The first kappa shape index (κ1) is 26.5. The van der Waals surface area contributed by atoms with Crippen LogP contribution in [0.25, 0.3) is 0 Å². The van der Waals surface area contributed by atoms with Crippen LogP contribution in [0.2, 0.25) is 10.0 Å². The third-order valence-electron chi connectivity index (χ3n) is 5.46. The molecule has 3 aromatic carbocycles. The van der Waals surface area contributed by atoms with E-state index in [9.17, 15) is 18.0 Å². The summed E-state index contributed by atoms with van der Waals surface area (Å²) in [6, 6.07) is 20.2. The first-order valence-corrected chi connectivity index (χ1v) is 12.9. The number of sulfonamides is 1. The molecule has 1 atom stereocenters. The van der Waals surface area contributed by atoms with Crippen molar-refractivity contribution in [2.45, 2.75) is 24.4 Å². The van der Waals surface area contributed by atoms with Crippen LogP contribution in [0, 0.1) is 0 Å². The highest BCUT2D eigenvalue weighted by Crippen LogP contribution is 2.28. The highest BCUT2D eigenvalue weighted by atomic mass is 35.5. The largest absolute Gasteiger partial charge is 0.357 e. The Morgan fingerprint density at radius 3 is 1.97 bits per heavy atom. The van der Waals surface area contributed by atoms with Crippen molar-refractivity contribution in [3.63, 3.8) is 0 Å². The smallest absolute Gasteiger partial charge is 0.264 e. The molecule has 0 aromatic heterocycles. The number of carbonyl (C=O) groups is 2. The minimum atomic E-state index is -4.09. The molecule has 0 aliphatic rings. The average molecular weight is 534 g/mol. The molecule has 0 saturated carbocycles. The Bertz CT molecular complexity index is 1270. The molecule has 10 heteroatoms. The molecule has 0 aliphatic heterocycles. The van der Waals surface area contributed by atoms with Gasteiger partial charge >= 0.3 is 0 Å². The second-order valence-electron chi connectivity index (χ2n) is 7.67. The summed E-state index contributed by atoms with van der Waals surface area (Å²) < 4.78 is 28.1. The number of nitrogens with one attached hydrogen (secondary N) is 1. The number of rotatable bonds is 9. The number of amides is 2. The van der Waals surface area contributed by atoms with Crippen molar-refractivity contribution in [2.75, 3.05) is 17.9 Å². The van der Waals surface area contributed by atoms with Crippen LogP contribution in [-0.4, -0.2) is 44.8 Å². The maximum Gasteiger partial charge on any atom is 0.264 e. The van der Waals surface area contributed by atoms with Gasteiger partial charge in [-0.15, -0.1) is 0 Å². The van der Waals surface area contributed by atoms with E-state index in [1.54, 1.807) is 73.7 Å². The third-order valence-corrected chi connectivity index (χ3v) is 7.95. The molecule has 1 unspecified atom stereocenters. The molecular formula is C25H25Cl2N3O4S. The number of para-hydroxylation sites is 1. The van der Waals surface area contributed by atoms with Crippen LogP contribution in [0.1, 0.15) is 12.5 Å². The number of nitrogens with zero attached hydrogens (tertiary/aromatic N) is 2. The van der Waals surface area contributed by atoms with Gasteiger partial charge in [0.1, 0.15) is 12.6 Å². The van der Waals surface area contributed by atoms with Gasteiger partial charge in [0.2, 0.25) is 11.8 Å². The van der Waals surface area contributed by atoms with Crippen molar-refractivity contribution in [2.24, 2.45) is 0 Å². The molecule has 1 N–H and O–H groups in total. The Hall–Kier alpha value is -3.07. The minimum absolute atomic E-state index is 0.0386. The van der Waals surface area contributed by atoms with Gasteiger partial charge in [0.25, 0.3) is 10.0 Å². The van der Waals surface area contributed by atoms with E-state index in [-0.39, 0.29) is 11.4 Å². The lowest BCUT2D eigenvalue weighted by Crippen LogP contribution is -2.50. The van der Waals surface area contributed by atoms with E-state index < -0.39 is 34.4 Å². The molecule has 7 nitrogen and oxygen atoms in total. The van der Waals surface area contributed by atoms with Gasteiger partial charge in [-0.2, -0.15) is 0 Å². The zero-order valence-electron chi connectivity index (χ0n) is 19.2. The average Bonchev–Trinajstić information content (AvgIpc) is 2.87. The van der Waals surface area contributed by atoms with E-state index in [1.165, 1.54) is 24.1 Å². The van der Waals surface area contributed by atoms with Gasteiger partial charge in [0.05, 0.1) is 10.6 Å². The highest BCUT2D eigenvalue weighted by Gasteiger charge is 2.32. The summed E-state index contributed by atoms with van der Waals surface area (Å²) in [5, 5.41) is 3.19. The summed E-state index contributed by atoms with van der Waals surface area (Å²) >= 11 is 12.6. The SMILES string of the molecule is CNC(=O)C(C)N(Cc1c(Cl)cccc1Cl)C(=O)CN(c1ccccc1)S(=O)(=O)c1ccccc1. The van der Waals surface area contributed by atoms with E-state index in [4.69, 9.17) is 23.2 Å². The van der Waals surface area contributed by atoms with E-state index >= 15 is 0 Å². The van der Waals surface area contributed by atoms with Gasteiger partial charge in [-0.1, -0.05) is 65.7 Å². The van der Waals surface area contributed by atoms with Crippen molar-refractivity contribution in [3.8, 4) is 0 Å². The van der Waals surface area contributed by atoms with Crippen molar-refractivity contribution in [1.82, 2.24) is 10.2 Å². The molecule has 0 aliphatic carbocycles. The number of anilines is 1. The fourth-order valence-electron chi connectivity index (χ4n) is 3.49. The fourth-order valence-corrected chi connectivity index (χ4v) is 5.44. The first-order valence-electron chi connectivity index (χ1n) is 10.7. The normalized spacial score (nSPS) is 12.0. The second-order valence-corrected chi connectivity index (χ2v) is 10.3. The van der Waals surface area contributed by atoms with Gasteiger partial charge in [0, 0.05) is 29.2 Å². The van der Waals surface area contributed by atoms with Crippen LogP contribution in [0.3, 0.4) is 0 Å². The van der Waals surface area contributed by atoms with Crippen molar-refractivity contribution >= 4 is 50.7 Å². The zero-order valence-corrected chi connectivity index (χ0v) is 21.5. The van der Waals surface area contributed by atoms with Crippen LogP contribution in [0.4, 0.5) is 5.69 Å². The molecule has 0 fully saturated rings. The summed E-state index contributed by atoms with van der Waals surface area (Å²) in [7, 11) is -2.63. The Labute approximate surface area is 215 Å². The first-order chi connectivity index (χ1) is 16.7. The van der Waals surface area contributed by atoms with Crippen molar-refractivity contribution in [3.05, 3.63) is 94.5 Å². The zero-order chi connectivity index (χ0) is 25.6. The summed E-state index contributed by atoms with van der Waals surface area (Å²) in [6.45, 7) is 0.935. The van der Waals surface area contributed by atoms with E-state index in [2.05, 4.69) is 5.32 Å². The van der Waals surface area contributed by atoms with Crippen LogP contribution >= 0.6 is 23.2 Å². The topological polar surface area (TPSA) is 86.8 Å². The number of halogens is 2. The van der Waals surface area contributed by atoms with Crippen molar-refractivity contribution in [1.29, 1.82) is 0 Å². The molecule has 2 amide bonds. The van der Waals surface area contributed by atoms with Gasteiger partial charge in [0.15, 0.2) is 0 Å². The Balaban J connectivity index is 2.03. The number of hydrogen-bond acceptors (Lipinski definition) is 4. The van der Waals surface area contributed by atoms with E-state index in [0.717, 1.165) is 4.31 Å². The lowest BCUT2D eigenvalue weighted by molar-refractivity contribution is -0.139. The minimum Gasteiger partial charge on any atom is -0.357 e. The molecule has 0 heterocycles. The molecule has 0 spiro atoms. The molecule has 3 rings (SSSR count). The lowest BCUT2D eigenvalue weighted by atomic mass is 10.1. The second kappa shape index (κ2) is 11.6. The van der Waals surface area contributed by atoms with Crippen LogP contribution in [0.5, 0.6) is 0 Å². The molecule has 3 aromatic rings. The summed E-state index contributed by atoms with van der Waals surface area (Å²) in [5.41, 5.74) is 0.769. The molecule has 0 saturated heterocycles.